The Morgan fingerprint density at radius 1 is 1.14 bits per heavy atom. The van der Waals surface area contributed by atoms with Gasteiger partial charge in [-0.25, -0.2) is 9.37 Å². The van der Waals surface area contributed by atoms with Gasteiger partial charge in [0.25, 0.3) is 11.5 Å². The molecule has 0 radical (unpaired) electrons. The first kappa shape index (κ1) is 17.1. The number of aromatic amines is 2. The van der Waals surface area contributed by atoms with Gasteiger partial charge in [0.2, 0.25) is 0 Å². The van der Waals surface area contributed by atoms with Crippen LogP contribution in [-0.2, 0) is 4.74 Å². The third-order valence-electron chi connectivity index (χ3n) is 4.83. The molecule has 7 nitrogen and oxygen atoms in total. The number of fused-ring (bicyclic) bond motifs is 2. The first-order valence-electron chi connectivity index (χ1n) is 8.76. The molecule has 0 bridgehead atoms. The highest BCUT2D eigenvalue weighted by molar-refractivity contribution is 7.09. The van der Waals surface area contributed by atoms with Gasteiger partial charge in [-0.2, -0.15) is 0 Å². The van der Waals surface area contributed by atoms with Crippen molar-refractivity contribution in [2.75, 3.05) is 26.3 Å². The Balaban J connectivity index is 1.58. The van der Waals surface area contributed by atoms with Crippen LogP contribution >= 0.6 is 11.3 Å². The molecule has 3 aromatic heterocycles. The molecule has 1 amide bonds. The topological polar surface area (TPSA) is 91.1 Å². The largest absolute Gasteiger partial charge is 0.378 e. The van der Waals surface area contributed by atoms with Gasteiger partial charge < -0.3 is 19.6 Å². The molecule has 28 heavy (non-hydrogen) atoms. The lowest BCUT2D eigenvalue weighted by molar-refractivity contribution is 0.0300. The maximum Gasteiger partial charge on any atom is 0.276 e. The van der Waals surface area contributed by atoms with Gasteiger partial charge >= 0.3 is 0 Å². The summed E-state index contributed by atoms with van der Waals surface area (Å²) < 4.78 is 19.8. The molecule has 4 heterocycles. The van der Waals surface area contributed by atoms with Crippen LogP contribution in [0.25, 0.3) is 33.3 Å². The Bertz CT molecular complexity index is 1270. The first-order valence-corrected chi connectivity index (χ1v) is 9.70. The zero-order chi connectivity index (χ0) is 19.3. The Morgan fingerprint density at radius 2 is 1.96 bits per heavy atom. The number of carbonyl (C=O) groups excluding carboxylic acids is 1. The van der Waals surface area contributed by atoms with E-state index in [9.17, 15) is 14.0 Å². The van der Waals surface area contributed by atoms with Crippen molar-refractivity contribution in [2.45, 2.75) is 0 Å². The van der Waals surface area contributed by atoms with E-state index in [1.165, 1.54) is 23.5 Å². The molecule has 0 aliphatic carbocycles. The van der Waals surface area contributed by atoms with Crippen LogP contribution in [0.2, 0.25) is 0 Å². The maximum atomic E-state index is 14.6. The van der Waals surface area contributed by atoms with E-state index in [4.69, 9.17) is 4.74 Å². The van der Waals surface area contributed by atoms with Gasteiger partial charge in [-0.3, -0.25) is 9.59 Å². The molecule has 5 rings (SSSR count). The molecule has 4 aromatic rings. The normalized spacial score (nSPS) is 14.8. The number of hydrogen-bond acceptors (Lipinski definition) is 5. The van der Waals surface area contributed by atoms with Crippen LogP contribution in [0.1, 0.15) is 10.4 Å². The Kier molecular flexibility index (Phi) is 3.99. The molecule has 0 saturated carbocycles. The Labute approximate surface area is 161 Å². The first-order chi connectivity index (χ1) is 13.6. The lowest BCUT2D eigenvalue weighted by atomic mass is 10.1. The Hall–Kier alpha value is -3.04. The van der Waals surface area contributed by atoms with Crippen LogP contribution in [-0.4, -0.2) is 52.1 Å². The molecule has 2 N–H and O–H groups in total. The number of morpholine rings is 1. The van der Waals surface area contributed by atoms with E-state index in [0.29, 0.717) is 53.9 Å². The monoisotopic (exact) mass is 398 g/mol. The van der Waals surface area contributed by atoms with Crippen LogP contribution in [0.15, 0.2) is 33.8 Å². The molecule has 1 aliphatic rings. The number of H-pyrrole nitrogens is 2. The number of amides is 1. The van der Waals surface area contributed by atoms with Crippen molar-refractivity contribution in [2.24, 2.45) is 0 Å². The fourth-order valence-corrected chi connectivity index (χ4v) is 4.08. The zero-order valence-electron chi connectivity index (χ0n) is 14.6. The smallest absolute Gasteiger partial charge is 0.276 e. The number of halogens is 1. The van der Waals surface area contributed by atoms with Crippen molar-refractivity contribution in [1.82, 2.24) is 19.9 Å². The van der Waals surface area contributed by atoms with Gasteiger partial charge in [0.1, 0.15) is 5.82 Å². The predicted octanol–water partition coefficient (Wildman–Crippen LogP) is 2.74. The number of hydrogen-bond donors (Lipinski definition) is 2. The number of thiophene rings is 1. The summed E-state index contributed by atoms with van der Waals surface area (Å²) >= 11 is 1.45. The molecule has 1 aliphatic heterocycles. The van der Waals surface area contributed by atoms with Crippen molar-refractivity contribution in [3.8, 4) is 11.4 Å². The fourth-order valence-electron chi connectivity index (χ4n) is 3.39. The van der Waals surface area contributed by atoms with E-state index in [1.807, 2.05) is 10.8 Å². The third kappa shape index (κ3) is 2.79. The average Bonchev–Trinajstić information content (AvgIpc) is 3.32. The second-order valence-corrected chi connectivity index (χ2v) is 7.34. The summed E-state index contributed by atoms with van der Waals surface area (Å²) in [5, 5.41) is 4.30. The molecule has 1 aromatic carbocycles. The summed E-state index contributed by atoms with van der Waals surface area (Å²) in [6.45, 7) is 1.77. The second-order valence-electron chi connectivity index (χ2n) is 6.59. The van der Waals surface area contributed by atoms with Crippen molar-refractivity contribution < 1.29 is 13.9 Å². The minimum absolute atomic E-state index is 0.00936. The van der Waals surface area contributed by atoms with Crippen LogP contribution in [0.3, 0.4) is 0 Å². The highest BCUT2D eigenvalue weighted by Gasteiger charge is 2.22. The zero-order valence-corrected chi connectivity index (χ0v) is 15.4. The van der Waals surface area contributed by atoms with Gasteiger partial charge in [0.15, 0.2) is 5.69 Å². The van der Waals surface area contributed by atoms with Gasteiger partial charge in [-0.15, -0.1) is 11.3 Å². The number of carbonyl (C=O) groups is 1. The standard InChI is InChI=1S/C19H15FN4O3S/c20-12-7-13-10(5-11(12)19(26)24-1-3-27-4-2-24)6-14(21-13)17-18(25)23-16-9-28-8-15(16)22-17/h5-9,21H,1-4H2,(H,23,25). The highest BCUT2D eigenvalue weighted by atomic mass is 32.1. The average molecular weight is 398 g/mol. The van der Waals surface area contributed by atoms with E-state index in [-0.39, 0.29) is 22.7 Å². The van der Waals surface area contributed by atoms with E-state index in [2.05, 4.69) is 15.0 Å². The molecule has 0 spiro atoms. The van der Waals surface area contributed by atoms with E-state index in [1.54, 1.807) is 11.0 Å². The maximum absolute atomic E-state index is 14.6. The van der Waals surface area contributed by atoms with Crippen LogP contribution < -0.4 is 5.56 Å². The third-order valence-corrected chi connectivity index (χ3v) is 5.56. The molecule has 1 saturated heterocycles. The number of ether oxygens (including phenoxy) is 1. The van der Waals surface area contributed by atoms with Gasteiger partial charge in [0.05, 0.1) is 35.5 Å². The van der Waals surface area contributed by atoms with Gasteiger partial charge in [-0.1, -0.05) is 0 Å². The van der Waals surface area contributed by atoms with E-state index < -0.39 is 5.82 Å². The quantitative estimate of drug-likeness (QED) is 0.543. The molecule has 0 atom stereocenters. The summed E-state index contributed by atoms with van der Waals surface area (Å²) in [4.78, 5) is 36.9. The lowest BCUT2D eigenvalue weighted by Crippen LogP contribution is -2.41. The minimum Gasteiger partial charge on any atom is -0.378 e. The molecular weight excluding hydrogens is 383 g/mol. The SMILES string of the molecule is O=C(c1cc2cc(-c3nc4cscc4[nH]c3=O)[nH]c2cc1F)N1CCOCC1. The number of nitrogens with zero attached hydrogens (tertiary/aromatic N) is 2. The van der Waals surface area contributed by atoms with E-state index in [0.717, 1.165) is 0 Å². The second kappa shape index (κ2) is 6.54. The van der Waals surface area contributed by atoms with Crippen LogP contribution in [0.4, 0.5) is 4.39 Å². The molecular formula is C19H15FN4O3S. The lowest BCUT2D eigenvalue weighted by Gasteiger charge is -2.27. The van der Waals surface area contributed by atoms with Crippen LogP contribution in [0.5, 0.6) is 0 Å². The summed E-state index contributed by atoms with van der Waals surface area (Å²) in [5.41, 5.74) is 2.24. The summed E-state index contributed by atoms with van der Waals surface area (Å²) in [6.07, 6.45) is 0. The number of aromatic nitrogens is 3. The van der Waals surface area contributed by atoms with Crippen molar-refractivity contribution in [3.05, 3.63) is 50.7 Å². The summed E-state index contributed by atoms with van der Waals surface area (Å²) in [7, 11) is 0. The highest BCUT2D eigenvalue weighted by Crippen LogP contribution is 2.26. The number of nitrogens with one attached hydrogen (secondary N) is 2. The number of rotatable bonds is 2. The van der Waals surface area contributed by atoms with Crippen LogP contribution in [0, 0.1) is 5.82 Å². The fraction of sp³-hybridized carbons (Fsp3) is 0.211. The molecule has 0 unspecified atom stereocenters. The number of benzene rings is 1. The van der Waals surface area contributed by atoms with E-state index >= 15 is 0 Å². The summed E-state index contributed by atoms with van der Waals surface area (Å²) in [5.74, 6) is -0.964. The van der Waals surface area contributed by atoms with Gasteiger partial charge in [0, 0.05) is 34.8 Å². The van der Waals surface area contributed by atoms with Crippen molar-refractivity contribution in [1.29, 1.82) is 0 Å². The molecule has 9 heteroatoms. The Morgan fingerprint density at radius 3 is 2.79 bits per heavy atom. The summed E-state index contributed by atoms with van der Waals surface area (Å²) in [6, 6.07) is 4.50. The minimum atomic E-state index is -0.604. The molecule has 1 fully saturated rings. The van der Waals surface area contributed by atoms with Crippen molar-refractivity contribution in [3.63, 3.8) is 0 Å². The van der Waals surface area contributed by atoms with Crippen molar-refractivity contribution >= 4 is 39.2 Å². The predicted molar refractivity (Wildman–Crippen MR) is 104 cm³/mol. The van der Waals surface area contributed by atoms with Gasteiger partial charge in [-0.05, 0) is 18.2 Å². The molecule has 142 valence electrons.